The van der Waals surface area contributed by atoms with E-state index < -0.39 is 5.91 Å². The maximum absolute atomic E-state index is 11.8. The molecule has 5 N–H and O–H groups in total. The van der Waals surface area contributed by atoms with Crippen LogP contribution in [0.3, 0.4) is 0 Å². The van der Waals surface area contributed by atoms with E-state index in [2.05, 4.69) is 38.3 Å². The Kier molecular flexibility index (Phi) is 5.10. The maximum atomic E-state index is 11.8. The van der Waals surface area contributed by atoms with Crippen LogP contribution in [0.2, 0.25) is 0 Å². The van der Waals surface area contributed by atoms with Crippen LogP contribution >= 0.6 is 0 Å². The third kappa shape index (κ3) is 4.25. The molecule has 3 rings (SSSR count). The van der Waals surface area contributed by atoms with Crippen molar-refractivity contribution in [2.24, 2.45) is 0 Å². The third-order valence-electron chi connectivity index (χ3n) is 3.47. The Morgan fingerprint density at radius 1 is 1.08 bits per heavy atom. The first kappa shape index (κ1) is 16.3. The lowest BCUT2D eigenvalue weighted by atomic mass is 10.1. The summed E-state index contributed by atoms with van der Waals surface area (Å²) in [6, 6.07) is 13.3. The lowest BCUT2D eigenvalue weighted by Crippen LogP contribution is -2.30. The van der Waals surface area contributed by atoms with Gasteiger partial charge in [-0.2, -0.15) is 0 Å². The number of aromatic nitrogens is 2. The summed E-state index contributed by atoms with van der Waals surface area (Å²) >= 11 is 0. The lowest BCUT2D eigenvalue weighted by Gasteiger charge is -2.12. The van der Waals surface area contributed by atoms with Gasteiger partial charge in [-0.15, -0.1) is 0 Å². The number of rotatable bonds is 7. The molecular weight excluding hydrogens is 320 g/mol. The first-order chi connectivity index (χ1) is 12.2. The number of nitrogen functional groups attached to an aromatic ring is 1. The molecule has 0 atom stereocenters. The third-order valence-corrected chi connectivity index (χ3v) is 3.47. The number of hydrogen-bond acceptors (Lipinski definition) is 7. The molecule has 0 aliphatic rings. The van der Waals surface area contributed by atoms with E-state index >= 15 is 0 Å². The molecule has 1 amide bonds. The SMILES string of the molecule is Nc1c(NCCc2ccccc2)ncnc1NNC(=O)c1ccco1. The van der Waals surface area contributed by atoms with Crippen LogP contribution in [-0.2, 0) is 6.42 Å². The molecule has 0 unspecified atom stereocenters. The van der Waals surface area contributed by atoms with Gasteiger partial charge in [0.2, 0.25) is 0 Å². The van der Waals surface area contributed by atoms with E-state index in [0.717, 1.165) is 6.42 Å². The first-order valence-corrected chi connectivity index (χ1v) is 7.72. The van der Waals surface area contributed by atoms with E-state index in [-0.39, 0.29) is 5.76 Å². The molecule has 128 valence electrons. The van der Waals surface area contributed by atoms with Gasteiger partial charge in [0.1, 0.15) is 12.0 Å². The minimum atomic E-state index is -0.429. The molecule has 8 nitrogen and oxygen atoms in total. The highest BCUT2D eigenvalue weighted by atomic mass is 16.3. The Hall–Kier alpha value is -3.55. The molecule has 0 radical (unpaired) electrons. The number of benzene rings is 1. The summed E-state index contributed by atoms with van der Waals surface area (Å²) in [5.41, 5.74) is 12.7. The minimum Gasteiger partial charge on any atom is -0.459 e. The van der Waals surface area contributed by atoms with Crippen molar-refractivity contribution in [1.29, 1.82) is 0 Å². The number of amides is 1. The van der Waals surface area contributed by atoms with Gasteiger partial charge in [0, 0.05) is 6.54 Å². The van der Waals surface area contributed by atoms with Crippen LogP contribution in [0.25, 0.3) is 0 Å². The first-order valence-electron chi connectivity index (χ1n) is 7.72. The number of nitrogens with zero attached hydrogens (tertiary/aromatic N) is 2. The summed E-state index contributed by atoms with van der Waals surface area (Å²) in [5.74, 6) is 0.556. The normalized spacial score (nSPS) is 10.2. The molecule has 0 saturated heterocycles. The summed E-state index contributed by atoms with van der Waals surface area (Å²) < 4.78 is 5.00. The number of carbonyl (C=O) groups is 1. The van der Waals surface area contributed by atoms with Crippen LogP contribution in [0.15, 0.2) is 59.5 Å². The molecule has 25 heavy (non-hydrogen) atoms. The van der Waals surface area contributed by atoms with Crippen LogP contribution in [0.4, 0.5) is 17.3 Å². The summed E-state index contributed by atoms with van der Waals surface area (Å²) in [7, 11) is 0. The van der Waals surface area contributed by atoms with Crippen LogP contribution in [0.1, 0.15) is 16.1 Å². The van der Waals surface area contributed by atoms with Crippen LogP contribution in [0, 0.1) is 0 Å². The fourth-order valence-electron chi connectivity index (χ4n) is 2.19. The van der Waals surface area contributed by atoms with Gasteiger partial charge in [0.15, 0.2) is 17.4 Å². The van der Waals surface area contributed by atoms with Crippen LogP contribution < -0.4 is 21.9 Å². The number of anilines is 3. The predicted molar refractivity (Wildman–Crippen MR) is 94.9 cm³/mol. The Morgan fingerprint density at radius 2 is 1.88 bits per heavy atom. The van der Waals surface area contributed by atoms with Crippen molar-refractivity contribution in [1.82, 2.24) is 15.4 Å². The van der Waals surface area contributed by atoms with Crippen LogP contribution in [0.5, 0.6) is 0 Å². The highest BCUT2D eigenvalue weighted by molar-refractivity contribution is 5.92. The predicted octanol–water partition coefficient (Wildman–Crippen LogP) is 2.06. The molecule has 0 bridgehead atoms. The summed E-state index contributed by atoms with van der Waals surface area (Å²) in [4.78, 5) is 20.0. The minimum absolute atomic E-state index is 0.182. The number of hydrogen-bond donors (Lipinski definition) is 4. The Bertz CT molecular complexity index is 820. The van der Waals surface area contributed by atoms with E-state index in [4.69, 9.17) is 10.2 Å². The highest BCUT2D eigenvalue weighted by Crippen LogP contribution is 2.21. The average molecular weight is 338 g/mol. The zero-order chi connectivity index (χ0) is 17.5. The van der Waals surface area contributed by atoms with Gasteiger partial charge in [-0.05, 0) is 24.1 Å². The van der Waals surface area contributed by atoms with Gasteiger partial charge in [0.25, 0.3) is 0 Å². The smallest absolute Gasteiger partial charge is 0.305 e. The zero-order valence-corrected chi connectivity index (χ0v) is 13.4. The summed E-state index contributed by atoms with van der Waals surface area (Å²) in [5, 5.41) is 3.17. The number of furan rings is 1. The van der Waals surface area contributed by atoms with Crippen molar-refractivity contribution in [3.05, 3.63) is 66.4 Å². The molecule has 0 aliphatic carbocycles. The van der Waals surface area contributed by atoms with Gasteiger partial charge in [0.05, 0.1) is 6.26 Å². The molecule has 0 aliphatic heterocycles. The molecule has 0 fully saturated rings. The Labute approximate surface area is 144 Å². The maximum Gasteiger partial charge on any atom is 0.305 e. The number of nitrogens with one attached hydrogen (secondary N) is 3. The zero-order valence-electron chi connectivity index (χ0n) is 13.4. The van der Waals surface area contributed by atoms with Crippen LogP contribution in [-0.4, -0.2) is 22.4 Å². The van der Waals surface area contributed by atoms with Gasteiger partial charge >= 0.3 is 5.91 Å². The van der Waals surface area contributed by atoms with Gasteiger partial charge in [-0.1, -0.05) is 30.3 Å². The molecule has 2 heterocycles. The fourth-order valence-corrected chi connectivity index (χ4v) is 2.19. The lowest BCUT2D eigenvalue weighted by molar-refractivity contribution is 0.0935. The topological polar surface area (TPSA) is 118 Å². The molecule has 3 aromatic rings. The van der Waals surface area contributed by atoms with Crippen molar-refractivity contribution in [2.45, 2.75) is 6.42 Å². The molecule has 0 saturated carbocycles. The second-order valence-electron chi connectivity index (χ2n) is 5.20. The molecule has 8 heteroatoms. The van der Waals surface area contributed by atoms with E-state index in [1.54, 1.807) is 12.1 Å². The molecule has 0 spiro atoms. The molecule has 1 aromatic carbocycles. The number of carbonyl (C=O) groups excluding carboxylic acids is 1. The molecule has 2 aromatic heterocycles. The Balaban J connectivity index is 1.57. The number of hydrazine groups is 1. The summed E-state index contributed by atoms with van der Waals surface area (Å²) in [6.07, 6.45) is 3.62. The standard InChI is InChI=1S/C17H18N6O2/c18-14-15(19-9-8-12-5-2-1-3-6-12)20-11-21-16(14)22-23-17(24)13-7-4-10-25-13/h1-7,10-11H,8-9,18H2,(H,23,24)(H2,19,20,21,22). The molecular formula is C17H18N6O2. The fraction of sp³-hybridized carbons (Fsp3) is 0.118. The van der Waals surface area contributed by atoms with Crippen molar-refractivity contribution in [3.8, 4) is 0 Å². The van der Waals surface area contributed by atoms with E-state index in [0.29, 0.717) is 23.9 Å². The van der Waals surface area contributed by atoms with Crippen molar-refractivity contribution in [3.63, 3.8) is 0 Å². The number of nitrogens with two attached hydrogens (primary N) is 1. The van der Waals surface area contributed by atoms with Gasteiger partial charge < -0.3 is 15.5 Å². The summed E-state index contributed by atoms with van der Waals surface area (Å²) in [6.45, 7) is 0.670. The van der Waals surface area contributed by atoms with E-state index in [1.165, 1.54) is 18.2 Å². The van der Waals surface area contributed by atoms with Crippen molar-refractivity contribution < 1.29 is 9.21 Å². The second-order valence-corrected chi connectivity index (χ2v) is 5.20. The van der Waals surface area contributed by atoms with Gasteiger partial charge in [-0.3, -0.25) is 15.6 Å². The average Bonchev–Trinajstić information content (AvgIpc) is 3.17. The Morgan fingerprint density at radius 3 is 2.64 bits per heavy atom. The second kappa shape index (κ2) is 7.82. The quantitative estimate of drug-likeness (QED) is 0.487. The monoisotopic (exact) mass is 338 g/mol. The van der Waals surface area contributed by atoms with Gasteiger partial charge in [-0.25, -0.2) is 9.97 Å². The van der Waals surface area contributed by atoms with E-state index in [1.807, 2.05) is 18.2 Å². The van der Waals surface area contributed by atoms with Crippen molar-refractivity contribution >= 4 is 23.2 Å². The highest BCUT2D eigenvalue weighted by Gasteiger charge is 2.11. The van der Waals surface area contributed by atoms with E-state index in [9.17, 15) is 4.79 Å². The van der Waals surface area contributed by atoms with Crippen molar-refractivity contribution in [2.75, 3.05) is 23.0 Å². The largest absolute Gasteiger partial charge is 0.459 e.